The van der Waals surface area contributed by atoms with Crippen LogP contribution in [0.15, 0.2) is 0 Å². The van der Waals surface area contributed by atoms with Crippen LogP contribution in [0.25, 0.3) is 0 Å². The molecule has 0 aliphatic heterocycles. The minimum atomic E-state index is -0.907. The molecule has 0 radical (unpaired) electrons. The number of carbonyl (C=O) groups is 1. The van der Waals surface area contributed by atoms with E-state index in [4.69, 9.17) is 0 Å². The molecular formula is C13H22O3. The average molecular weight is 226 g/mol. The Balaban J connectivity index is 2.21. The predicted octanol–water partition coefficient (Wildman–Crippen LogP) is 2.72. The Morgan fingerprint density at radius 2 is 1.31 bits per heavy atom. The summed E-state index contributed by atoms with van der Waals surface area (Å²) in [7, 11) is 0. The van der Waals surface area contributed by atoms with E-state index >= 15 is 0 Å². The van der Waals surface area contributed by atoms with E-state index < -0.39 is 17.0 Å². The van der Waals surface area contributed by atoms with Gasteiger partial charge in [0, 0.05) is 0 Å². The van der Waals surface area contributed by atoms with Gasteiger partial charge in [-0.15, -0.1) is 0 Å². The van der Waals surface area contributed by atoms with Crippen molar-refractivity contribution in [3.05, 3.63) is 0 Å². The lowest BCUT2D eigenvalue weighted by molar-refractivity contribution is -0.189. The summed E-state index contributed by atoms with van der Waals surface area (Å²) in [5, 5.41) is 20.0. The van der Waals surface area contributed by atoms with Crippen LogP contribution in [-0.2, 0) is 4.79 Å². The van der Waals surface area contributed by atoms with E-state index in [1.807, 2.05) is 0 Å². The monoisotopic (exact) mass is 226 g/mol. The van der Waals surface area contributed by atoms with Gasteiger partial charge in [0.2, 0.25) is 0 Å². The molecule has 2 N–H and O–H groups in total. The molecule has 0 amide bonds. The molecule has 0 atom stereocenters. The molecule has 2 rings (SSSR count). The highest BCUT2D eigenvalue weighted by molar-refractivity contribution is 5.76. The zero-order valence-corrected chi connectivity index (χ0v) is 9.87. The van der Waals surface area contributed by atoms with E-state index in [-0.39, 0.29) is 0 Å². The minimum Gasteiger partial charge on any atom is -0.481 e. The normalized spacial score (nSPS) is 28.6. The van der Waals surface area contributed by atoms with Crippen molar-refractivity contribution in [3.63, 3.8) is 0 Å². The van der Waals surface area contributed by atoms with Crippen LogP contribution in [0.4, 0.5) is 0 Å². The predicted molar refractivity (Wildman–Crippen MR) is 61.2 cm³/mol. The van der Waals surface area contributed by atoms with Crippen LogP contribution in [0.1, 0.15) is 64.2 Å². The second-order valence-electron chi connectivity index (χ2n) is 5.54. The maximum Gasteiger partial charge on any atom is 0.312 e. The quantitative estimate of drug-likeness (QED) is 0.761. The molecule has 0 heterocycles. The van der Waals surface area contributed by atoms with E-state index in [1.54, 1.807) is 0 Å². The fourth-order valence-corrected chi connectivity index (χ4v) is 3.38. The largest absolute Gasteiger partial charge is 0.481 e. The Labute approximate surface area is 96.9 Å². The third-order valence-corrected chi connectivity index (χ3v) is 4.69. The third-order valence-electron chi connectivity index (χ3n) is 4.69. The molecule has 2 fully saturated rings. The second kappa shape index (κ2) is 4.36. The summed E-state index contributed by atoms with van der Waals surface area (Å²) in [6.07, 6.45) is 9.02. The summed E-state index contributed by atoms with van der Waals surface area (Å²) in [4.78, 5) is 11.6. The molecule has 92 valence electrons. The highest BCUT2D eigenvalue weighted by Crippen LogP contribution is 2.52. The molecular weight excluding hydrogens is 204 g/mol. The standard InChI is InChI=1S/C13H22O3/c14-11(15)12(13(16)9-6-10-13)7-4-2-1-3-5-8-12/h16H,1-10H2,(H,14,15). The van der Waals surface area contributed by atoms with Gasteiger partial charge >= 0.3 is 5.97 Å². The molecule has 0 bridgehead atoms. The van der Waals surface area contributed by atoms with Gasteiger partial charge in [-0.2, -0.15) is 0 Å². The van der Waals surface area contributed by atoms with Crippen LogP contribution >= 0.6 is 0 Å². The van der Waals surface area contributed by atoms with Gasteiger partial charge in [-0.1, -0.05) is 32.1 Å². The molecule has 0 aromatic carbocycles. The smallest absolute Gasteiger partial charge is 0.312 e. The summed E-state index contributed by atoms with van der Waals surface area (Å²) in [6, 6.07) is 0. The van der Waals surface area contributed by atoms with Crippen LogP contribution in [0.5, 0.6) is 0 Å². The van der Waals surface area contributed by atoms with Gasteiger partial charge in [0.15, 0.2) is 0 Å². The number of carboxylic acids is 1. The van der Waals surface area contributed by atoms with Gasteiger partial charge < -0.3 is 10.2 Å². The van der Waals surface area contributed by atoms with E-state index in [2.05, 4.69) is 0 Å². The maximum atomic E-state index is 11.6. The van der Waals surface area contributed by atoms with Crippen molar-refractivity contribution >= 4 is 5.97 Å². The molecule has 0 spiro atoms. The van der Waals surface area contributed by atoms with Crippen molar-refractivity contribution in [2.24, 2.45) is 5.41 Å². The topological polar surface area (TPSA) is 57.5 Å². The van der Waals surface area contributed by atoms with E-state index in [0.717, 1.165) is 32.1 Å². The molecule has 16 heavy (non-hydrogen) atoms. The zero-order valence-electron chi connectivity index (χ0n) is 9.87. The Morgan fingerprint density at radius 1 is 0.812 bits per heavy atom. The van der Waals surface area contributed by atoms with Gasteiger partial charge in [-0.3, -0.25) is 4.79 Å². The highest BCUT2D eigenvalue weighted by atomic mass is 16.4. The molecule has 0 unspecified atom stereocenters. The number of aliphatic hydroxyl groups is 1. The molecule has 0 aromatic heterocycles. The molecule has 3 heteroatoms. The number of hydrogen-bond acceptors (Lipinski definition) is 2. The maximum absolute atomic E-state index is 11.6. The Bertz CT molecular complexity index is 260. The van der Waals surface area contributed by atoms with Crippen molar-refractivity contribution in [1.82, 2.24) is 0 Å². The first-order valence-corrected chi connectivity index (χ1v) is 6.57. The van der Waals surface area contributed by atoms with Crippen LogP contribution < -0.4 is 0 Å². The highest BCUT2D eigenvalue weighted by Gasteiger charge is 2.57. The molecule has 0 saturated heterocycles. The Kier molecular flexibility index (Phi) is 3.24. The lowest BCUT2D eigenvalue weighted by Gasteiger charge is -2.50. The number of hydrogen-bond donors (Lipinski definition) is 2. The first-order chi connectivity index (χ1) is 7.61. The van der Waals surface area contributed by atoms with Gasteiger partial charge in [0.1, 0.15) is 0 Å². The van der Waals surface area contributed by atoms with Crippen molar-refractivity contribution in [1.29, 1.82) is 0 Å². The van der Waals surface area contributed by atoms with Crippen LogP contribution in [0.3, 0.4) is 0 Å². The Hall–Kier alpha value is -0.570. The summed E-state index contributed by atoms with van der Waals surface area (Å²) < 4.78 is 0. The third kappa shape index (κ3) is 1.75. The SMILES string of the molecule is O=C(O)C1(C2(O)CCC2)CCCCCCC1. The molecule has 3 nitrogen and oxygen atoms in total. The van der Waals surface area contributed by atoms with E-state index in [0.29, 0.717) is 25.7 Å². The van der Waals surface area contributed by atoms with Crippen molar-refractivity contribution in [2.75, 3.05) is 0 Å². The summed E-state index contributed by atoms with van der Waals surface area (Å²) in [6.45, 7) is 0. The van der Waals surface area contributed by atoms with Crippen LogP contribution in [0.2, 0.25) is 0 Å². The molecule has 0 aromatic rings. The van der Waals surface area contributed by atoms with Gasteiger partial charge in [0.25, 0.3) is 0 Å². The molecule has 2 aliphatic rings. The fourth-order valence-electron chi connectivity index (χ4n) is 3.38. The van der Waals surface area contributed by atoms with Crippen molar-refractivity contribution < 1.29 is 15.0 Å². The van der Waals surface area contributed by atoms with Gasteiger partial charge in [-0.25, -0.2) is 0 Å². The fraction of sp³-hybridized carbons (Fsp3) is 0.923. The van der Waals surface area contributed by atoms with Gasteiger partial charge in [0.05, 0.1) is 11.0 Å². The summed E-state index contributed by atoms with van der Waals surface area (Å²) in [5.74, 6) is -0.767. The van der Waals surface area contributed by atoms with Crippen LogP contribution in [-0.4, -0.2) is 21.8 Å². The molecule has 2 saturated carbocycles. The number of aliphatic carboxylic acids is 1. The second-order valence-corrected chi connectivity index (χ2v) is 5.54. The Morgan fingerprint density at radius 3 is 1.69 bits per heavy atom. The summed E-state index contributed by atoms with van der Waals surface area (Å²) in [5.41, 5.74) is -1.75. The molecule has 2 aliphatic carbocycles. The zero-order chi connectivity index (χ0) is 11.6. The van der Waals surface area contributed by atoms with Crippen molar-refractivity contribution in [3.8, 4) is 0 Å². The first-order valence-electron chi connectivity index (χ1n) is 6.57. The van der Waals surface area contributed by atoms with Crippen LogP contribution in [0, 0.1) is 5.41 Å². The van der Waals surface area contributed by atoms with Crippen molar-refractivity contribution in [2.45, 2.75) is 69.8 Å². The van der Waals surface area contributed by atoms with E-state index in [9.17, 15) is 15.0 Å². The first kappa shape index (κ1) is 11.9. The average Bonchev–Trinajstić information content (AvgIpc) is 2.14. The van der Waals surface area contributed by atoms with E-state index in [1.165, 1.54) is 6.42 Å². The lowest BCUT2D eigenvalue weighted by Crippen LogP contribution is -2.57. The summed E-state index contributed by atoms with van der Waals surface area (Å²) >= 11 is 0. The minimum absolute atomic E-state index is 0.666. The number of rotatable bonds is 2. The lowest BCUT2D eigenvalue weighted by atomic mass is 9.57. The van der Waals surface area contributed by atoms with Gasteiger partial charge in [-0.05, 0) is 32.1 Å². The number of carboxylic acid groups (broad SMARTS) is 1.